The molecule has 3 unspecified atom stereocenters. The molecule has 0 amide bonds. The number of rotatable bonds is 3. The molecule has 0 aromatic carbocycles. The number of hydrogen-bond donors (Lipinski definition) is 1. The molecule has 104 valence electrons. The Balaban J connectivity index is 1.51. The summed E-state index contributed by atoms with van der Waals surface area (Å²) in [4.78, 5) is 2.64. The van der Waals surface area contributed by atoms with Gasteiger partial charge in [0.25, 0.3) is 0 Å². The van der Waals surface area contributed by atoms with E-state index in [1.54, 1.807) is 0 Å². The van der Waals surface area contributed by atoms with Crippen LogP contribution in [0.15, 0.2) is 0 Å². The fourth-order valence-electron chi connectivity index (χ4n) is 4.69. The van der Waals surface area contributed by atoms with Crippen LogP contribution in [0.3, 0.4) is 0 Å². The Hall–Kier alpha value is -0.0800. The second-order valence-corrected chi connectivity index (χ2v) is 7.07. The molecule has 1 aliphatic carbocycles. The van der Waals surface area contributed by atoms with Crippen molar-refractivity contribution < 1.29 is 0 Å². The van der Waals surface area contributed by atoms with Gasteiger partial charge in [-0.3, -0.25) is 0 Å². The lowest BCUT2D eigenvalue weighted by molar-refractivity contribution is 0.134. The van der Waals surface area contributed by atoms with E-state index in [-0.39, 0.29) is 0 Å². The molecule has 3 aliphatic rings. The average Bonchev–Trinajstić information content (AvgIpc) is 2.63. The van der Waals surface area contributed by atoms with Gasteiger partial charge in [0.05, 0.1) is 0 Å². The van der Waals surface area contributed by atoms with Crippen LogP contribution >= 0.6 is 0 Å². The molecular weight excluding hydrogens is 220 g/mol. The first-order valence-corrected chi connectivity index (χ1v) is 8.22. The smallest absolute Gasteiger partial charge is 0.0111 e. The van der Waals surface area contributed by atoms with E-state index in [1.165, 1.54) is 57.8 Å². The third-order valence-corrected chi connectivity index (χ3v) is 5.95. The molecule has 1 N–H and O–H groups in total. The van der Waals surface area contributed by atoms with E-state index in [0.29, 0.717) is 0 Å². The van der Waals surface area contributed by atoms with E-state index in [2.05, 4.69) is 24.2 Å². The van der Waals surface area contributed by atoms with Gasteiger partial charge in [-0.05, 0) is 58.4 Å². The Kier molecular flexibility index (Phi) is 3.95. The van der Waals surface area contributed by atoms with E-state index < -0.39 is 0 Å². The SMILES string of the molecule is CC(NC1CC2CCC(C1)N2C)C1CCCCC1. The Morgan fingerprint density at radius 3 is 2.17 bits per heavy atom. The molecule has 1 saturated carbocycles. The van der Waals surface area contributed by atoms with Crippen LogP contribution in [0, 0.1) is 5.92 Å². The molecule has 0 radical (unpaired) electrons. The van der Waals surface area contributed by atoms with Crippen molar-refractivity contribution in [2.24, 2.45) is 5.92 Å². The summed E-state index contributed by atoms with van der Waals surface area (Å²) in [6.07, 6.45) is 13.0. The third kappa shape index (κ3) is 2.60. The van der Waals surface area contributed by atoms with Crippen molar-refractivity contribution in [3.63, 3.8) is 0 Å². The topological polar surface area (TPSA) is 15.3 Å². The first kappa shape index (κ1) is 12.9. The number of piperidine rings is 1. The molecule has 3 fully saturated rings. The average molecular weight is 250 g/mol. The standard InChI is InChI=1S/C16H30N2/c1-12(13-6-4-3-5-7-13)17-14-10-15-8-9-16(11-14)18(15)2/h12-17H,3-11H2,1-2H3. The minimum atomic E-state index is 0.748. The lowest BCUT2D eigenvalue weighted by Crippen LogP contribution is -2.50. The van der Waals surface area contributed by atoms with Gasteiger partial charge in [-0.1, -0.05) is 19.3 Å². The highest BCUT2D eigenvalue weighted by Gasteiger charge is 2.38. The van der Waals surface area contributed by atoms with Gasteiger partial charge in [0.2, 0.25) is 0 Å². The highest BCUT2D eigenvalue weighted by molar-refractivity contribution is 4.97. The molecule has 3 atom stereocenters. The van der Waals surface area contributed by atoms with E-state index in [9.17, 15) is 0 Å². The van der Waals surface area contributed by atoms with Gasteiger partial charge in [0.15, 0.2) is 0 Å². The van der Waals surface area contributed by atoms with Gasteiger partial charge in [0, 0.05) is 24.2 Å². The van der Waals surface area contributed by atoms with Crippen molar-refractivity contribution in [3.8, 4) is 0 Å². The first-order valence-electron chi connectivity index (χ1n) is 8.22. The number of nitrogens with zero attached hydrogens (tertiary/aromatic N) is 1. The largest absolute Gasteiger partial charge is 0.311 e. The van der Waals surface area contributed by atoms with Crippen molar-refractivity contribution in [2.45, 2.75) is 88.9 Å². The van der Waals surface area contributed by atoms with Gasteiger partial charge in [-0.25, -0.2) is 0 Å². The summed E-state index contributed by atoms with van der Waals surface area (Å²) in [6, 6.07) is 3.30. The van der Waals surface area contributed by atoms with Gasteiger partial charge >= 0.3 is 0 Å². The zero-order valence-corrected chi connectivity index (χ0v) is 12.2. The number of fused-ring (bicyclic) bond motifs is 2. The second kappa shape index (κ2) is 5.50. The summed E-state index contributed by atoms with van der Waals surface area (Å²) in [6.45, 7) is 2.44. The van der Waals surface area contributed by atoms with Gasteiger partial charge in [-0.15, -0.1) is 0 Å². The number of hydrogen-bond acceptors (Lipinski definition) is 2. The molecule has 2 aliphatic heterocycles. The summed E-state index contributed by atoms with van der Waals surface area (Å²) in [5.74, 6) is 0.955. The number of nitrogens with one attached hydrogen (secondary N) is 1. The van der Waals surface area contributed by atoms with E-state index in [4.69, 9.17) is 0 Å². The quantitative estimate of drug-likeness (QED) is 0.827. The summed E-state index contributed by atoms with van der Waals surface area (Å²) < 4.78 is 0. The molecule has 3 rings (SSSR count). The summed E-state index contributed by atoms with van der Waals surface area (Å²) in [5, 5.41) is 3.98. The maximum atomic E-state index is 3.98. The van der Waals surface area contributed by atoms with Crippen molar-refractivity contribution >= 4 is 0 Å². The van der Waals surface area contributed by atoms with Crippen LogP contribution < -0.4 is 5.32 Å². The summed E-state index contributed by atoms with van der Waals surface area (Å²) in [5.41, 5.74) is 0. The minimum Gasteiger partial charge on any atom is -0.311 e. The monoisotopic (exact) mass is 250 g/mol. The molecule has 2 heterocycles. The Bertz CT molecular complexity index is 258. The van der Waals surface area contributed by atoms with Gasteiger partial charge in [0.1, 0.15) is 0 Å². The maximum Gasteiger partial charge on any atom is 0.0111 e. The summed E-state index contributed by atoms with van der Waals surface area (Å²) >= 11 is 0. The lowest BCUT2D eigenvalue weighted by atomic mass is 9.84. The molecule has 0 aromatic rings. The normalized spacial score (nSPS) is 40.0. The van der Waals surface area contributed by atoms with Crippen molar-refractivity contribution in [1.82, 2.24) is 10.2 Å². The highest BCUT2D eigenvalue weighted by atomic mass is 15.2. The molecule has 0 aromatic heterocycles. The Morgan fingerprint density at radius 1 is 0.944 bits per heavy atom. The molecule has 0 spiro atoms. The van der Waals surface area contributed by atoms with E-state index >= 15 is 0 Å². The Labute approximate surface area is 113 Å². The molecule has 2 nitrogen and oxygen atoms in total. The van der Waals surface area contributed by atoms with Crippen LogP contribution in [-0.4, -0.2) is 36.1 Å². The predicted molar refractivity (Wildman–Crippen MR) is 76.8 cm³/mol. The fourth-order valence-corrected chi connectivity index (χ4v) is 4.69. The molecule has 2 heteroatoms. The molecule has 18 heavy (non-hydrogen) atoms. The fraction of sp³-hybridized carbons (Fsp3) is 1.00. The van der Waals surface area contributed by atoms with Crippen LogP contribution in [0.2, 0.25) is 0 Å². The van der Waals surface area contributed by atoms with Crippen LogP contribution in [0.1, 0.15) is 64.7 Å². The molecule has 2 bridgehead atoms. The zero-order valence-electron chi connectivity index (χ0n) is 12.2. The first-order chi connectivity index (χ1) is 8.74. The van der Waals surface area contributed by atoms with Crippen LogP contribution in [0.4, 0.5) is 0 Å². The second-order valence-electron chi connectivity index (χ2n) is 7.07. The van der Waals surface area contributed by atoms with Crippen LogP contribution in [-0.2, 0) is 0 Å². The zero-order chi connectivity index (χ0) is 12.5. The highest BCUT2D eigenvalue weighted by Crippen LogP contribution is 2.35. The van der Waals surface area contributed by atoms with Crippen LogP contribution in [0.5, 0.6) is 0 Å². The van der Waals surface area contributed by atoms with E-state index in [0.717, 1.165) is 30.1 Å². The van der Waals surface area contributed by atoms with Crippen molar-refractivity contribution in [2.75, 3.05) is 7.05 Å². The lowest BCUT2D eigenvalue weighted by Gasteiger charge is -2.39. The predicted octanol–water partition coefficient (Wildman–Crippen LogP) is 3.17. The summed E-state index contributed by atoms with van der Waals surface area (Å²) in [7, 11) is 2.34. The third-order valence-electron chi connectivity index (χ3n) is 5.95. The van der Waals surface area contributed by atoms with E-state index in [1.807, 2.05) is 0 Å². The van der Waals surface area contributed by atoms with Gasteiger partial charge < -0.3 is 10.2 Å². The maximum absolute atomic E-state index is 3.98. The minimum absolute atomic E-state index is 0.748. The van der Waals surface area contributed by atoms with Gasteiger partial charge in [-0.2, -0.15) is 0 Å². The van der Waals surface area contributed by atoms with Crippen molar-refractivity contribution in [1.29, 1.82) is 0 Å². The molecular formula is C16H30N2. The molecule has 2 saturated heterocycles. The van der Waals surface area contributed by atoms with Crippen LogP contribution in [0.25, 0.3) is 0 Å². The van der Waals surface area contributed by atoms with Crippen molar-refractivity contribution in [3.05, 3.63) is 0 Å². The Morgan fingerprint density at radius 2 is 1.56 bits per heavy atom.